The molecule has 0 atom stereocenters. The van der Waals surface area contributed by atoms with Gasteiger partial charge in [0.15, 0.2) is 5.13 Å². The van der Waals surface area contributed by atoms with Gasteiger partial charge >= 0.3 is 0 Å². The Morgan fingerprint density at radius 3 is 2.90 bits per heavy atom. The van der Waals surface area contributed by atoms with E-state index < -0.39 is 0 Å². The van der Waals surface area contributed by atoms with Gasteiger partial charge in [-0.15, -0.1) is 0 Å². The first-order valence-electron chi connectivity index (χ1n) is 5.85. The van der Waals surface area contributed by atoms with E-state index in [-0.39, 0.29) is 18.9 Å². The highest BCUT2D eigenvalue weighted by atomic mass is 35.5. The zero-order chi connectivity index (χ0) is 14.5. The van der Waals surface area contributed by atoms with Crippen LogP contribution in [-0.2, 0) is 4.79 Å². The van der Waals surface area contributed by atoms with Crippen LogP contribution in [0.5, 0.6) is 5.75 Å². The highest BCUT2D eigenvalue weighted by Crippen LogP contribution is 2.23. The molecule has 106 valence electrons. The Morgan fingerprint density at radius 1 is 1.45 bits per heavy atom. The minimum Gasteiger partial charge on any atom is -0.493 e. The highest BCUT2D eigenvalue weighted by Gasteiger charge is 2.06. The van der Waals surface area contributed by atoms with Gasteiger partial charge in [0.1, 0.15) is 10.1 Å². The number of ether oxygens (including phenoxy) is 1. The topological polar surface area (TPSA) is 51.2 Å². The van der Waals surface area contributed by atoms with Crippen LogP contribution in [0.25, 0.3) is 0 Å². The third-order valence-corrected chi connectivity index (χ3v) is 3.91. The summed E-state index contributed by atoms with van der Waals surface area (Å²) >= 11 is 12.9. The molecule has 2 aromatic rings. The van der Waals surface area contributed by atoms with E-state index in [9.17, 15) is 4.79 Å². The number of amides is 1. The second kappa shape index (κ2) is 6.92. The maximum atomic E-state index is 11.6. The van der Waals surface area contributed by atoms with Gasteiger partial charge in [-0.05, 0) is 30.7 Å². The summed E-state index contributed by atoms with van der Waals surface area (Å²) in [5.41, 5.74) is 0.936. The molecule has 0 spiro atoms. The van der Waals surface area contributed by atoms with E-state index in [0.717, 1.165) is 5.56 Å². The summed E-state index contributed by atoms with van der Waals surface area (Å²) in [7, 11) is 0. The number of nitrogens with one attached hydrogen (secondary N) is 1. The second-order valence-corrected chi connectivity index (χ2v) is 6.10. The van der Waals surface area contributed by atoms with Crippen molar-refractivity contribution in [1.82, 2.24) is 4.98 Å². The lowest BCUT2D eigenvalue weighted by atomic mass is 10.2. The molecule has 0 bridgehead atoms. The molecule has 0 aliphatic heterocycles. The fraction of sp³-hybridized carbons (Fsp3) is 0.231. The Hall–Kier alpha value is -1.30. The number of halogens is 2. The van der Waals surface area contributed by atoms with Crippen molar-refractivity contribution in [3.63, 3.8) is 0 Å². The highest BCUT2D eigenvalue weighted by molar-refractivity contribution is 7.19. The van der Waals surface area contributed by atoms with Crippen molar-refractivity contribution in [2.75, 3.05) is 11.9 Å². The first kappa shape index (κ1) is 15.1. The van der Waals surface area contributed by atoms with Gasteiger partial charge in [-0.2, -0.15) is 0 Å². The van der Waals surface area contributed by atoms with Gasteiger partial charge < -0.3 is 10.1 Å². The lowest BCUT2D eigenvalue weighted by molar-refractivity contribution is -0.116. The lowest BCUT2D eigenvalue weighted by Crippen LogP contribution is -2.15. The number of hydrogen-bond donors (Lipinski definition) is 1. The molecule has 1 aromatic heterocycles. The fourth-order valence-corrected chi connectivity index (χ4v) is 2.41. The number of aromatic nitrogens is 1. The molecule has 1 amide bonds. The standard InChI is InChI=1S/C13H12Cl2N2O2S/c1-8-6-9(2-3-10(8)14)19-5-4-12(18)17-13-16-7-11(15)20-13/h2-3,6-7H,4-5H2,1H3,(H,16,17,18). The molecule has 4 nitrogen and oxygen atoms in total. The van der Waals surface area contributed by atoms with E-state index in [1.807, 2.05) is 13.0 Å². The van der Waals surface area contributed by atoms with Crippen molar-refractivity contribution in [3.8, 4) is 5.75 Å². The van der Waals surface area contributed by atoms with Gasteiger partial charge in [0.05, 0.1) is 19.2 Å². The summed E-state index contributed by atoms with van der Waals surface area (Å²) < 4.78 is 6.03. The van der Waals surface area contributed by atoms with Crippen LogP contribution in [0, 0.1) is 6.92 Å². The van der Waals surface area contributed by atoms with Crippen LogP contribution in [0.4, 0.5) is 5.13 Å². The largest absolute Gasteiger partial charge is 0.493 e. The van der Waals surface area contributed by atoms with E-state index in [4.69, 9.17) is 27.9 Å². The van der Waals surface area contributed by atoms with Crippen LogP contribution >= 0.6 is 34.5 Å². The molecular formula is C13H12Cl2N2O2S. The van der Waals surface area contributed by atoms with Crippen LogP contribution < -0.4 is 10.1 Å². The van der Waals surface area contributed by atoms with Crippen LogP contribution in [0.1, 0.15) is 12.0 Å². The van der Waals surface area contributed by atoms with Gasteiger partial charge in [-0.3, -0.25) is 4.79 Å². The third-order valence-electron chi connectivity index (χ3n) is 2.45. The molecule has 7 heteroatoms. The van der Waals surface area contributed by atoms with E-state index in [2.05, 4.69) is 10.3 Å². The number of aryl methyl sites for hydroxylation is 1. The Bertz CT molecular complexity index is 616. The van der Waals surface area contributed by atoms with Crippen molar-refractivity contribution in [2.45, 2.75) is 13.3 Å². The van der Waals surface area contributed by atoms with Gasteiger partial charge in [-0.25, -0.2) is 4.98 Å². The van der Waals surface area contributed by atoms with E-state index in [0.29, 0.717) is 20.2 Å². The molecule has 1 heterocycles. The monoisotopic (exact) mass is 330 g/mol. The Morgan fingerprint density at radius 2 is 2.25 bits per heavy atom. The first-order valence-corrected chi connectivity index (χ1v) is 7.42. The minimum absolute atomic E-state index is 0.165. The van der Waals surface area contributed by atoms with Crippen LogP contribution in [0.2, 0.25) is 9.36 Å². The summed E-state index contributed by atoms with van der Waals surface area (Å²) in [5.74, 6) is 0.527. The van der Waals surface area contributed by atoms with Crippen LogP contribution in [0.3, 0.4) is 0 Å². The lowest BCUT2D eigenvalue weighted by Gasteiger charge is -2.07. The Labute approximate surface area is 130 Å². The summed E-state index contributed by atoms with van der Waals surface area (Å²) in [4.78, 5) is 15.6. The van der Waals surface area contributed by atoms with Crippen molar-refractivity contribution in [3.05, 3.63) is 39.3 Å². The van der Waals surface area contributed by atoms with Crippen molar-refractivity contribution in [1.29, 1.82) is 0 Å². The number of rotatable bonds is 5. The number of anilines is 1. The van der Waals surface area contributed by atoms with E-state index in [1.54, 1.807) is 12.1 Å². The van der Waals surface area contributed by atoms with Crippen molar-refractivity contribution >= 4 is 45.6 Å². The number of benzene rings is 1. The van der Waals surface area contributed by atoms with Gasteiger partial charge in [-0.1, -0.05) is 34.5 Å². The molecule has 0 aliphatic rings. The summed E-state index contributed by atoms with van der Waals surface area (Å²) in [6.07, 6.45) is 1.73. The maximum Gasteiger partial charge on any atom is 0.229 e. The predicted molar refractivity (Wildman–Crippen MR) is 82.1 cm³/mol. The molecule has 0 saturated carbocycles. The average Bonchev–Trinajstić information content (AvgIpc) is 2.79. The summed E-state index contributed by atoms with van der Waals surface area (Å²) in [6.45, 7) is 2.18. The molecule has 0 saturated heterocycles. The number of carbonyl (C=O) groups excluding carboxylic acids is 1. The first-order chi connectivity index (χ1) is 9.54. The van der Waals surface area contributed by atoms with Gasteiger partial charge in [0.2, 0.25) is 5.91 Å². The van der Waals surface area contributed by atoms with Crippen LogP contribution in [0.15, 0.2) is 24.4 Å². The molecule has 1 N–H and O–H groups in total. The quantitative estimate of drug-likeness (QED) is 0.895. The normalized spacial score (nSPS) is 10.3. The van der Waals surface area contributed by atoms with E-state index >= 15 is 0 Å². The Kier molecular flexibility index (Phi) is 5.23. The van der Waals surface area contributed by atoms with Crippen molar-refractivity contribution in [2.24, 2.45) is 0 Å². The van der Waals surface area contributed by atoms with Crippen LogP contribution in [-0.4, -0.2) is 17.5 Å². The van der Waals surface area contributed by atoms with E-state index in [1.165, 1.54) is 17.5 Å². The fourth-order valence-electron chi connectivity index (χ4n) is 1.46. The molecule has 1 aromatic carbocycles. The smallest absolute Gasteiger partial charge is 0.229 e. The number of hydrogen-bond acceptors (Lipinski definition) is 4. The zero-order valence-electron chi connectivity index (χ0n) is 10.7. The molecule has 0 unspecified atom stereocenters. The molecule has 0 fully saturated rings. The number of nitrogens with zero attached hydrogens (tertiary/aromatic N) is 1. The molecule has 0 radical (unpaired) electrons. The number of thiazole rings is 1. The van der Waals surface area contributed by atoms with Gasteiger partial charge in [0, 0.05) is 5.02 Å². The predicted octanol–water partition coefficient (Wildman–Crippen LogP) is 4.17. The summed E-state index contributed by atoms with van der Waals surface area (Å²) in [5, 5.41) is 3.83. The summed E-state index contributed by atoms with van der Waals surface area (Å²) in [6, 6.07) is 5.37. The maximum absolute atomic E-state index is 11.6. The molecule has 20 heavy (non-hydrogen) atoms. The third kappa shape index (κ3) is 4.37. The SMILES string of the molecule is Cc1cc(OCCC(=O)Nc2ncc(Cl)s2)ccc1Cl. The molecule has 0 aliphatic carbocycles. The number of carbonyl (C=O) groups is 1. The molecular weight excluding hydrogens is 319 g/mol. The van der Waals surface area contributed by atoms with Gasteiger partial charge in [0.25, 0.3) is 0 Å². The average molecular weight is 331 g/mol. The van der Waals surface area contributed by atoms with Crippen molar-refractivity contribution < 1.29 is 9.53 Å². The zero-order valence-corrected chi connectivity index (χ0v) is 13.0. The minimum atomic E-state index is -0.165. The Balaban J connectivity index is 1.77. The second-order valence-electron chi connectivity index (χ2n) is 4.03. The molecule has 2 rings (SSSR count).